The first kappa shape index (κ1) is 35.3. The van der Waals surface area contributed by atoms with Crippen LogP contribution in [0.3, 0.4) is 0 Å². The Bertz CT molecular complexity index is 2080. The van der Waals surface area contributed by atoms with Gasteiger partial charge < -0.3 is 20.4 Å². The second-order valence-electron chi connectivity index (χ2n) is 12.9. The number of carbonyl (C=O) groups excluding carboxylic acids is 5. The van der Waals surface area contributed by atoms with E-state index in [0.717, 1.165) is 6.07 Å². The summed E-state index contributed by atoms with van der Waals surface area (Å²) in [7, 11) is 0. The molecule has 2 saturated heterocycles. The zero-order valence-corrected chi connectivity index (χ0v) is 28.2. The van der Waals surface area contributed by atoms with Gasteiger partial charge >= 0.3 is 6.18 Å². The molecule has 2 fully saturated rings. The zero-order chi connectivity index (χ0) is 37.3. The molecule has 0 radical (unpaired) electrons. The van der Waals surface area contributed by atoms with Gasteiger partial charge in [-0.05, 0) is 55.0 Å². The van der Waals surface area contributed by atoms with Crippen molar-refractivity contribution in [3.05, 3.63) is 89.2 Å². The third-order valence-corrected chi connectivity index (χ3v) is 9.56. The van der Waals surface area contributed by atoms with Gasteiger partial charge in [-0.3, -0.25) is 39.3 Å². The van der Waals surface area contributed by atoms with Crippen LogP contribution in [0.25, 0.3) is 11.4 Å². The van der Waals surface area contributed by atoms with Gasteiger partial charge in [-0.15, -0.1) is 0 Å². The molecule has 5 heterocycles. The third-order valence-electron chi connectivity index (χ3n) is 9.56. The van der Waals surface area contributed by atoms with Crippen LogP contribution in [0.15, 0.2) is 66.9 Å². The van der Waals surface area contributed by atoms with Gasteiger partial charge in [0.15, 0.2) is 0 Å². The topological polar surface area (TPSA) is 173 Å². The SMILES string of the molecule is O=C1CCC(N2Cc3c(NC(=O)CCN4CCN(c5ccc(NC(=O)c6cccc(-c7ccn[nH]7)n6)c(C(F)(F)F)c5)CC4)cccc3C2=O)C(=O)N1. The first-order chi connectivity index (χ1) is 25.4. The Morgan fingerprint density at radius 2 is 1.72 bits per heavy atom. The molecule has 4 N–H and O–H groups in total. The molecule has 4 aromatic rings. The van der Waals surface area contributed by atoms with Crippen molar-refractivity contribution in [3.63, 3.8) is 0 Å². The first-order valence-corrected chi connectivity index (χ1v) is 17.0. The number of fused-ring (bicyclic) bond motifs is 1. The summed E-state index contributed by atoms with van der Waals surface area (Å²) in [5, 5.41) is 14.1. The lowest BCUT2D eigenvalue weighted by Gasteiger charge is -2.36. The Hall–Kier alpha value is -6.10. The highest BCUT2D eigenvalue weighted by Gasteiger charge is 2.40. The average molecular weight is 730 g/mol. The van der Waals surface area contributed by atoms with Crippen molar-refractivity contribution in [2.24, 2.45) is 0 Å². The number of benzene rings is 2. The third kappa shape index (κ3) is 7.60. The summed E-state index contributed by atoms with van der Waals surface area (Å²) in [6.45, 7) is 2.37. The van der Waals surface area contributed by atoms with Crippen molar-refractivity contribution in [3.8, 4) is 11.4 Å². The van der Waals surface area contributed by atoms with Gasteiger partial charge in [0.25, 0.3) is 11.8 Å². The number of nitrogens with one attached hydrogen (secondary N) is 4. The molecule has 2 aromatic heterocycles. The number of anilines is 3. The molecule has 274 valence electrons. The molecule has 3 aliphatic heterocycles. The van der Waals surface area contributed by atoms with E-state index in [2.05, 4.69) is 31.1 Å². The molecule has 53 heavy (non-hydrogen) atoms. The lowest BCUT2D eigenvalue weighted by atomic mass is 10.0. The Morgan fingerprint density at radius 1 is 0.925 bits per heavy atom. The molecule has 2 aromatic carbocycles. The van der Waals surface area contributed by atoms with E-state index >= 15 is 0 Å². The van der Waals surface area contributed by atoms with Crippen molar-refractivity contribution in [2.45, 2.75) is 38.0 Å². The van der Waals surface area contributed by atoms with Gasteiger partial charge in [0.1, 0.15) is 11.7 Å². The van der Waals surface area contributed by atoms with Crippen molar-refractivity contribution >= 4 is 46.6 Å². The van der Waals surface area contributed by atoms with E-state index in [9.17, 15) is 37.1 Å². The van der Waals surface area contributed by atoms with Gasteiger partial charge in [-0.2, -0.15) is 18.3 Å². The molecule has 0 bridgehead atoms. The predicted octanol–water partition coefficient (Wildman–Crippen LogP) is 3.65. The number of nitrogens with zero attached hydrogens (tertiary/aromatic N) is 5. The van der Waals surface area contributed by atoms with E-state index in [1.807, 2.05) is 9.80 Å². The van der Waals surface area contributed by atoms with Crippen LogP contribution in [0.2, 0.25) is 0 Å². The van der Waals surface area contributed by atoms with Crippen LogP contribution in [0.5, 0.6) is 0 Å². The van der Waals surface area contributed by atoms with E-state index < -0.39 is 29.6 Å². The highest BCUT2D eigenvalue weighted by molar-refractivity contribution is 6.07. The quantitative estimate of drug-likeness (QED) is 0.188. The number of halogens is 3. The summed E-state index contributed by atoms with van der Waals surface area (Å²) in [4.78, 5) is 72.6. The van der Waals surface area contributed by atoms with Crippen LogP contribution in [0, 0.1) is 0 Å². The van der Waals surface area contributed by atoms with E-state index in [1.54, 1.807) is 36.4 Å². The van der Waals surface area contributed by atoms with Gasteiger partial charge in [0.05, 0.1) is 22.6 Å². The van der Waals surface area contributed by atoms with Crippen LogP contribution in [-0.2, 0) is 27.1 Å². The Balaban J connectivity index is 0.931. The van der Waals surface area contributed by atoms with Crippen LogP contribution in [0.4, 0.5) is 30.2 Å². The number of rotatable bonds is 9. The number of piperazine rings is 1. The smallest absolute Gasteiger partial charge is 0.369 e. The Kier molecular flexibility index (Phi) is 9.66. The summed E-state index contributed by atoms with van der Waals surface area (Å²) in [6, 6.07) is 14.3. The van der Waals surface area contributed by atoms with Gasteiger partial charge in [-0.25, -0.2) is 4.98 Å². The Morgan fingerprint density at radius 3 is 2.45 bits per heavy atom. The molecule has 7 rings (SSSR count). The fourth-order valence-corrected chi connectivity index (χ4v) is 6.77. The molecule has 1 atom stereocenters. The van der Waals surface area contributed by atoms with Crippen LogP contribution >= 0.6 is 0 Å². The molecular formula is C36H34F3N9O5. The van der Waals surface area contributed by atoms with Crippen LogP contribution in [0.1, 0.15) is 51.2 Å². The van der Waals surface area contributed by atoms with Gasteiger partial charge in [0.2, 0.25) is 17.7 Å². The first-order valence-electron chi connectivity index (χ1n) is 17.0. The number of hydrogen-bond acceptors (Lipinski definition) is 9. The fraction of sp³-hybridized carbons (Fsp3) is 0.306. The van der Waals surface area contributed by atoms with E-state index in [0.29, 0.717) is 66.6 Å². The van der Waals surface area contributed by atoms with Crippen molar-refractivity contribution in [1.29, 1.82) is 0 Å². The number of hydrogen-bond donors (Lipinski definition) is 4. The maximum Gasteiger partial charge on any atom is 0.418 e. The van der Waals surface area contributed by atoms with Crippen molar-refractivity contribution < 1.29 is 37.1 Å². The number of imide groups is 1. The number of amides is 5. The minimum absolute atomic E-state index is 0.0571. The number of alkyl halides is 3. The lowest BCUT2D eigenvalue weighted by Crippen LogP contribution is -2.52. The molecule has 0 saturated carbocycles. The van der Waals surface area contributed by atoms with Crippen LogP contribution in [-0.4, -0.2) is 93.3 Å². The molecule has 1 unspecified atom stereocenters. The molecule has 14 nitrogen and oxygen atoms in total. The summed E-state index contributed by atoms with van der Waals surface area (Å²) < 4.78 is 42.7. The highest BCUT2D eigenvalue weighted by atomic mass is 19.4. The standard InChI is InChI=1S/C36H34F3N9O5/c37-36(38,39)24-19-21(7-8-26(24)43-33(51)29-6-2-5-27(41-29)28-11-13-40-45-28)47-17-15-46(16-18-47)14-12-32(50)42-25-4-1-3-22-23(25)20-48(35(22)53)30-9-10-31(49)44-34(30)52/h1-8,11,13,19,30H,9-10,12,14-18,20H2,(H,40,45)(H,42,50)(H,43,51)(H,44,49,52). The van der Waals surface area contributed by atoms with Crippen LogP contribution < -0.4 is 20.9 Å². The number of aromatic nitrogens is 3. The van der Waals surface area contributed by atoms with E-state index in [4.69, 9.17) is 0 Å². The lowest BCUT2D eigenvalue weighted by molar-refractivity contribution is -0.138. The zero-order valence-electron chi connectivity index (χ0n) is 28.2. The summed E-state index contributed by atoms with van der Waals surface area (Å²) >= 11 is 0. The second kappa shape index (κ2) is 14.5. The number of aromatic amines is 1. The van der Waals surface area contributed by atoms with Gasteiger partial charge in [-0.1, -0.05) is 12.1 Å². The second-order valence-corrected chi connectivity index (χ2v) is 12.9. The maximum absolute atomic E-state index is 14.2. The molecule has 0 aliphatic carbocycles. The summed E-state index contributed by atoms with van der Waals surface area (Å²) in [5.41, 5.74) is 1.36. The minimum Gasteiger partial charge on any atom is -0.369 e. The summed E-state index contributed by atoms with van der Waals surface area (Å²) in [6.07, 6.45) is -2.72. The van der Waals surface area contributed by atoms with E-state index in [1.165, 1.54) is 29.3 Å². The Labute approximate surface area is 300 Å². The maximum atomic E-state index is 14.2. The largest absolute Gasteiger partial charge is 0.418 e. The average Bonchev–Trinajstić information content (AvgIpc) is 3.80. The summed E-state index contributed by atoms with van der Waals surface area (Å²) in [5.74, 6) is -2.29. The molecule has 3 aliphatic rings. The van der Waals surface area contributed by atoms with Crippen molar-refractivity contribution in [1.82, 2.24) is 30.3 Å². The number of pyridine rings is 1. The molecule has 17 heteroatoms. The van der Waals surface area contributed by atoms with Gasteiger partial charge in [0, 0.05) is 80.8 Å². The molecule has 0 spiro atoms. The predicted molar refractivity (Wildman–Crippen MR) is 186 cm³/mol. The van der Waals surface area contributed by atoms with Crippen molar-refractivity contribution in [2.75, 3.05) is 48.3 Å². The number of H-pyrrole nitrogens is 1. The molecule has 5 amide bonds. The highest BCUT2D eigenvalue weighted by Crippen LogP contribution is 2.38. The number of piperidine rings is 1. The monoisotopic (exact) mass is 729 g/mol. The normalized spacial score (nSPS) is 17.8. The number of carbonyl (C=O) groups is 5. The minimum atomic E-state index is -4.74. The fourth-order valence-electron chi connectivity index (χ4n) is 6.77. The molecular weight excluding hydrogens is 695 g/mol. The van der Waals surface area contributed by atoms with E-state index in [-0.39, 0.29) is 54.9 Å².